The van der Waals surface area contributed by atoms with Gasteiger partial charge in [0.15, 0.2) is 0 Å². The van der Waals surface area contributed by atoms with E-state index in [1.807, 2.05) is 0 Å². The Bertz CT molecular complexity index is 166. The van der Waals surface area contributed by atoms with E-state index >= 15 is 0 Å². The Morgan fingerprint density at radius 1 is 1.25 bits per heavy atom. The first-order valence-electron chi connectivity index (χ1n) is 4.89. The van der Waals surface area contributed by atoms with E-state index in [9.17, 15) is 0 Å². The van der Waals surface area contributed by atoms with Crippen LogP contribution in [0.1, 0.15) is 40.5 Å². The summed E-state index contributed by atoms with van der Waals surface area (Å²) >= 11 is 0. The van der Waals surface area contributed by atoms with Gasteiger partial charge < -0.3 is 5.32 Å². The van der Waals surface area contributed by atoms with Gasteiger partial charge >= 0.3 is 0 Å². The summed E-state index contributed by atoms with van der Waals surface area (Å²) in [7, 11) is 0. The van der Waals surface area contributed by atoms with Crippen molar-refractivity contribution >= 4 is 0 Å². The minimum Gasteiger partial charge on any atom is -0.385 e. The van der Waals surface area contributed by atoms with Crippen molar-refractivity contribution in [2.45, 2.75) is 40.5 Å². The van der Waals surface area contributed by atoms with Gasteiger partial charge in [-0.15, -0.1) is 0 Å². The number of hydrogen-bond acceptors (Lipinski definition) is 1. The highest BCUT2D eigenvalue weighted by Gasteiger charge is 1.98. The minimum atomic E-state index is 1.00. The summed E-state index contributed by atoms with van der Waals surface area (Å²) in [5, 5.41) is 3.38. The van der Waals surface area contributed by atoms with Crippen molar-refractivity contribution in [3.63, 3.8) is 0 Å². The fraction of sp³-hybridized carbons (Fsp3) is 0.636. The lowest BCUT2D eigenvalue weighted by Gasteiger charge is -2.11. The number of allylic oxidation sites excluding steroid dienone is 3. The fourth-order valence-corrected chi connectivity index (χ4v) is 1.26. The molecule has 0 atom stereocenters. The lowest BCUT2D eigenvalue weighted by molar-refractivity contribution is 0.836. The van der Waals surface area contributed by atoms with Crippen molar-refractivity contribution in [1.29, 1.82) is 0 Å². The molecule has 12 heavy (non-hydrogen) atoms. The van der Waals surface area contributed by atoms with Crippen molar-refractivity contribution in [3.8, 4) is 0 Å². The molecule has 0 heterocycles. The van der Waals surface area contributed by atoms with Crippen molar-refractivity contribution in [2.75, 3.05) is 6.54 Å². The average Bonchev–Trinajstić information content (AvgIpc) is 2.07. The molecule has 70 valence electrons. The molecule has 0 bridgehead atoms. The Morgan fingerprint density at radius 3 is 2.25 bits per heavy atom. The van der Waals surface area contributed by atoms with Crippen LogP contribution in [0.4, 0.5) is 0 Å². The van der Waals surface area contributed by atoms with Crippen LogP contribution in [0.25, 0.3) is 0 Å². The number of rotatable bonds is 5. The van der Waals surface area contributed by atoms with Gasteiger partial charge in [0.2, 0.25) is 0 Å². The van der Waals surface area contributed by atoms with E-state index in [2.05, 4.69) is 45.2 Å². The SMILES string of the molecule is C/C=C(CC)\C(=C\CC)NCC. The van der Waals surface area contributed by atoms with Crippen molar-refractivity contribution < 1.29 is 0 Å². The molecule has 0 saturated carbocycles. The van der Waals surface area contributed by atoms with Crippen molar-refractivity contribution in [1.82, 2.24) is 5.32 Å². The summed E-state index contributed by atoms with van der Waals surface area (Å²) in [6.45, 7) is 9.59. The van der Waals surface area contributed by atoms with Crippen LogP contribution in [0, 0.1) is 0 Å². The van der Waals surface area contributed by atoms with Crippen LogP contribution in [0.3, 0.4) is 0 Å². The van der Waals surface area contributed by atoms with Gasteiger partial charge in [0.25, 0.3) is 0 Å². The molecule has 0 aromatic carbocycles. The average molecular weight is 167 g/mol. The summed E-state index contributed by atoms with van der Waals surface area (Å²) in [4.78, 5) is 0. The molecular weight excluding hydrogens is 146 g/mol. The predicted molar refractivity (Wildman–Crippen MR) is 56.1 cm³/mol. The van der Waals surface area contributed by atoms with E-state index in [-0.39, 0.29) is 0 Å². The summed E-state index contributed by atoms with van der Waals surface area (Å²) in [6.07, 6.45) is 6.64. The standard InChI is InChI=1S/C11H21N/c1-5-9-11(12-8-4)10(6-2)7-3/h6,9,12H,5,7-8H2,1-4H3/b10-6-,11-9-. The fourth-order valence-electron chi connectivity index (χ4n) is 1.26. The molecule has 0 saturated heterocycles. The maximum atomic E-state index is 3.38. The third-order valence-corrected chi connectivity index (χ3v) is 1.85. The molecule has 0 aliphatic carbocycles. The van der Waals surface area contributed by atoms with Crippen LogP contribution in [0.2, 0.25) is 0 Å². The van der Waals surface area contributed by atoms with Crippen LogP contribution in [-0.2, 0) is 0 Å². The van der Waals surface area contributed by atoms with Crippen LogP contribution in [-0.4, -0.2) is 6.54 Å². The van der Waals surface area contributed by atoms with Crippen LogP contribution in [0.15, 0.2) is 23.4 Å². The largest absolute Gasteiger partial charge is 0.385 e. The first kappa shape index (κ1) is 11.3. The van der Waals surface area contributed by atoms with Gasteiger partial charge in [-0.25, -0.2) is 0 Å². The second-order valence-corrected chi connectivity index (χ2v) is 2.72. The zero-order chi connectivity index (χ0) is 9.40. The van der Waals surface area contributed by atoms with E-state index in [0.29, 0.717) is 0 Å². The summed E-state index contributed by atoms with van der Waals surface area (Å²) < 4.78 is 0. The van der Waals surface area contributed by atoms with Crippen molar-refractivity contribution in [2.24, 2.45) is 0 Å². The second-order valence-electron chi connectivity index (χ2n) is 2.72. The Balaban J connectivity index is 4.38. The molecule has 0 spiro atoms. The van der Waals surface area contributed by atoms with E-state index in [0.717, 1.165) is 19.4 Å². The highest BCUT2D eigenvalue weighted by molar-refractivity contribution is 5.28. The topological polar surface area (TPSA) is 12.0 Å². The molecule has 0 aliphatic rings. The van der Waals surface area contributed by atoms with Gasteiger partial charge in [-0.2, -0.15) is 0 Å². The molecular formula is C11H21N. The highest BCUT2D eigenvalue weighted by atomic mass is 14.9. The Labute approximate surface area is 76.6 Å². The zero-order valence-corrected chi connectivity index (χ0v) is 8.78. The zero-order valence-electron chi connectivity index (χ0n) is 8.78. The first-order chi connectivity index (χ1) is 5.79. The lowest BCUT2D eigenvalue weighted by Crippen LogP contribution is -2.13. The van der Waals surface area contributed by atoms with E-state index in [4.69, 9.17) is 0 Å². The van der Waals surface area contributed by atoms with E-state index < -0.39 is 0 Å². The minimum absolute atomic E-state index is 1.00. The Morgan fingerprint density at radius 2 is 1.92 bits per heavy atom. The van der Waals surface area contributed by atoms with Crippen LogP contribution >= 0.6 is 0 Å². The molecule has 0 aliphatic heterocycles. The number of likely N-dealkylation sites (N-methyl/N-ethyl adjacent to an activating group) is 1. The maximum absolute atomic E-state index is 3.38. The van der Waals surface area contributed by atoms with Gasteiger partial charge in [0.05, 0.1) is 0 Å². The molecule has 0 aromatic rings. The van der Waals surface area contributed by atoms with Gasteiger partial charge in [-0.3, -0.25) is 0 Å². The third kappa shape index (κ3) is 3.61. The highest BCUT2D eigenvalue weighted by Crippen LogP contribution is 2.11. The lowest BCUT2D eigenvalue weighted by atomic mass is 10.1. The molecule has 1 heteroatoms. The van der Waals surface area contributed by atoms with Crippen molar-refractivity contribution in [3.05, 3.63) is 23.4 Å². The molecule has 0 unspecified atom stereocenters. The summed E-state index contributed by atoms with van der Waals surface area (Å²) in [5.74, 6) is 0. The smallest absolute Gasteiger partial charge is 0.0328 e. The molecule has 1 nitrogen and oxygen atoms in total. The van der Waals surface area contributed by atoms with E-state index in [1.54, 1.807) is 0 Å². The van der Waals surface area contributed by atoms with Gasteiger partial charge in [0, 0.05) is 12.2 Å². The van der Waals surface area contributed by atoms with Crippen LogP contribution in [0.5, 0.6) is 0 Å². The molecule has 1 N–H and O–H groups in total. The Kier molecular flexibility index (Phi) is 6.54. The number of hydrogen-bond donors (Lipinski definition) is 1. The van der Waals surface area contributed by atoms with Crippen LogP contribution < -0.4 is 5.32 Å². The number of nitrogens with one attached hydrogen (secondary N) is 1. The molecule has 0 aromatic heterocycles. The van der Waals surface area contributed by atoms with Gasteiger partial charge in [-0.1, -0.05) is 26.0 Å². The maximum Gasteiger partial charge on any atom is 0.0328 e. The molecule has 0 amide bonds. The second kappa shape index (κ2) is 6.96. The van der Waals surface area contributed by atoms with E-state index in [1.165, 1.54) is 11.3 Å². The summed E-state index contributed by atoms with van der Waals surface area (Å²) in [6, 6.07) is 0. The third-order valence-electron chi connectivity index (χ3n) is 1.85. The normalized spacial score (nSPS) is 13.3. The quantitative estimate of drug-likeness (QED) is 0.620. The monoisotopic (exact) mass is 167 g/mol. The first-order valence-corrected chi connectivity index (χ1v) is 4.89. The molecule has 0 radical (unpaired) electrons. The summed E-state index contributed by atoms with van der Waals surface area (Å²) in [5.41, 5.74) is 2.73. The van der Waals surface area contributed by atoms with Gasteiger partial charge in [0.1, 0.15) is 0 Å². The predicted octanol–water partition coefficient (Wildman–Crippen LogP) is 3.25. The Hall–Kier alpha value is -0.720. The van der Waals surface area contributed by atoms with Gasteiger partial charge in [-0.05, 0) is 32.3 Å². The molecule has 0 fully saturated rings. The molecule has 0 rings (SSSR count).